The van der Waals surface area contributed by atoms with Crippen molar-refractivity contribution < 1.29 is 5.21 Å². The van der Waals surface area contributed by atoms with Crippen molar-refractivity contribution in [2.45, 2.75) is 6.92 Å². The van der Waals surface area contributed by atoms with E-state index in [1.807, 2.05) is 24.3 Å². The van der Waals surface area contributed by atoms with Crippen molar-refractivity contribution in [1.82, 2.24) is 14.8 Å². The average Bonchev–Trinajstić information content (AvgIpc) is 2.84. The number of aromatic nitrogens is 3. The maximum atomic E-state index is 8.97. The van der Waals surface area contributed by atoms with Crippen LogP contribution in [0.25, 0.3) is 16.7 Å². The quantitative estimate of drug-likeness (QED) is 0.329. The zero-order valence-corrected chi connectivity index (χ0v) is 11.9. The van der Waals surface area contributed by atoms with E-state index in [0.29, 0.717) is 22.1 Å². The summed E-state index contributed by atoms with van der Waals surface area (Å²) >= 11 is 6.04. The van der Waals surface area contributed by atoms with E-state index in [4.69, 9.17) is 22.5 Å². The van der Waals surface area contributed by atoms with E-state index in [1.165, 1.54) is 4.68 Å². The minimum Gasteiger partial charge on any atom is -0.409 e. The Morgan fingerprint density at radius 2 is 2.14 bits per heavy atom. The second-order valence-corrected chi connectivity index (χ2v) is 4.95. The Labute approximate surface area is 125 Å². The number of nitrogens with zero attached hydrogens (tertiary/aromatic N) is 4. The molecule has 0 saturated carbocycles. The highest BCUT2D eigenvalue weighted by Gasteiger charge is 2.15. The number of benzene rings is 1. The molecule has 1 aromatic carbocycles. The summed E-state index contributed by atoms with van der Waals surface area (Å²) in [5.74, 6) is 0.423. The van der Waals surface area contributed by atoms with Gasteiger partial charge >= 0.3 is 0 Å². The van der Waals surface area contributed by atoms with Crippen LogP contribution in [0.2, 0.25) is 5.02 Å². The van der Waals surface area contributed by atoms with Crippen molar-refractivity contribution in [3.05, 3.63) is 52.8 Å². The van der Waals surface area contributed by atoms with Crippen molar-refractivity contribution in [2.24, 2.45) is 10.9 Å². The zero-order valence-electron chi connectivity index (χ0n) is 11.2. The topological polar surface area (TPSA) is 89.3 Å². The van der Waals surface area contributed by atoms with Crippen LogP contribution >= 0.6 is 11.6 Å². The summed E-state index contributed by atoms with van der Waals surface area (Å²) in [5.41, 5.74) is 7.70. The Morgan fingerprint density at radius 1 is 1.38 bits per heavy atom. The number of para-hydroxylation sites is 1. The Kier molecular flexibility index (Phi) is 3.23. The van der Waals surface area contributed by atoms with Crippen LogP contribution in [0.4, 0.5) is 0 Å². The molecule has 21 heavy (non-hydrogen) atoms. The maximum Gasteiger partial charge on any atom is 0.173 e. The van der Waals surface area contributed by atoms with Gasteiger partial charge in [-0.15, -0.1) is 0 Å². The van der Waals surface area contributed by atoms with Crippen LogP contribution in [-0.4, -0.2) is 25.8 Å². The van der Waals surface area contributed by atoms with E-state index in [2.05, 4.69) is 15.2 Å². The van der Waals surface area contributed by atoms with Gasteiger partial charge in [-0.25, -0.2) is 9.67 Å². The largest absolute Gasteiger partial charge is 0.409 e. The van der Waals surface area contributed by atoms with Gasteiger partial charge < -0.3 is 10.9 Å². The Balaban J connectivity index is 2.33. The van der Waals surface area contributed by atoms with Gasteiger partial charge in [-0.3, -0.25) is 0 Å². The summed E-state index contributed by atoms with van der Waals surface area (Å²) < 4.78 is 1.53. The van der Waals surface area contributed by atoms with E-state index < -0.39 is 0 Å². The molecule has 0 fully saturated rings. The SMILES string of the molecule is Cc1nn(-c2nc3ccccc3cc2C(N)=NO)cc1Cl. The second kappa shape index (κ2) is 5.06. The van der Waals surface area contributed by atoms with Crippen LogP contribution in [0.5, 0.6) is 0 Å². The van der Waals surface area contributed by atoms with Crippen LogP contribution < -0.4 is 5.73 Å². The second-order valence-electron chi connectivity index (χ2n) is 4.54. The molecule has 2 heterocycles. The van der Waals surface area contributed by atoms with Gasteiger partial charge in [0.15, 0.2) is 11.7 Å². The normalized spacial score (nSPS) is 12.0. The van der Waals surface area contributed by atoms with Crippen molar-refractivity contribution in [2.75, 3.05) is 0 Å². The van der Waals surface area contributed by atoms with Crippen molar-refractivity contribution in [1.29, 1.82) is 0 Å². The van der Waals surface area contributed by atoms with Crippen molar-refractivity contribution in [3.63, 3.8) is 0 Å². The van der Waals surface area contributed by atoms with Gasteiger partial charge in [0.2, 0.25) is 0 Å². The molecular weight excluding hydrogens is 290 g/mol. The smallest absolute Gasteiger partial charge is 0.173 e. The molecule has 0 unspecified atom stereocenters. The predicted octanol–water partition coefficient (Wildman–Crippen LogP) is 2.48. The van der Waals surface area contributed by atoms with Crippen molar-refractivity contribution >= 4 is 28.3 Å². The molecule has 0 atom stereocenters. The molecule has 3 rings (SSSR count). The Bertz CT molecular complexity index is 836. The summed E-state index contributed by atoms with van der Waals surface area (Å²) in [7, 11) is 0. The third-order valence-corrected chi connectivity index (χ3v) is 3.51. The van der Waals surface area contributed by atoms with Crippen LogP contribution in [0, 0.1) is 6.92 Å². The molecule has 0 radical (unpaired) electrons. The third kappa shape index (κ3) is 2.30. The maximum absolute atomic E-state index is 8.97. The fraction of sp³-hybridized carbons (Fsp3) is 0.0714. The summed E-state index contributed by atoms with van der Waals surface area (Å²) in [6, 6.07) is 9.38. The number of fused-ring (bicyclic) bond motifs is 1. The van der Waals surface area contributed by atoms with E-state index in [0.717, 1.165) is 10.9 Å². The fourth-order valence-corrected chi connectivity index (χ4v) is 2.20. The highest BCUT2D eigenvalue weighted by atomic mass is 35.5. The number of pyridine rings is 1. The molecule has 0 aliphatic carbocycles. The molecule has 0 saturated heterocycles. The molecule has 0 aliphatic heterocycles. The Hall–Kier alpha value is -2.60. The van der Waals surface area contributed by atoms with E-state index in [1.54, 1.807) is 19.2 Å². The number of halogens is 1. The van der Waals surface area contributed by atoms with Gasteiger partial charge in [0.05, 0.1) is 28.0 Å². The predicted molar refractivity (Wildman–Crippen MR) is 81.1 cm³/mol. The van der Waals surface area contributed by atoms with Crippen LogP contribution in [0.15, 0.2) is 41.7 Å². The van der Waals surface area contributed by atoms with Crippen LogP contribution in [0.3, 0.4) is 0 Å². The first-order valence-electron chi connectivity index (χ1n) is 6.20. The summed E-state index contributed by atoms with van der Waals surface area (Å²) in [6.45, 7) is 1.79. The molecule has 7 heteroatoms. The first-order chi connectivity index (χ1) is 10.1. The number of nitrogens with two attached hydrogens (primary N) is 1. The molecule has 0 aliphatic rings. The highest BCUT2D eigenvalue weighted by Crippen LogP contribution is 2.22. The number of oxime groups is 1. The van der Waals surface area contributed by atoms with Gasteiger partial charge in [-0.2, -0.15) is 5.10 Å². The lowest BCUT2D eigenvalue weighted by Gasteiger charge is -2.09. The molecule has 0 bridgehead atoms. The van der Waals surface area contributed by atoms with Crippen molar-refractivity contribution in [3.8, 4) is 5.82 Å². The summed E-state index contributed by atoms with van der Waals surface area (Å²) in [4.78, 5) is 4.54. The number of rotatable bonds is 2. The summed E-state index contributed by atoms with van der Waals surface area (Å²) in [5, 5.41) is 17.7. The van der Waals surface area contributed by atoms with Crippen LogP contribution in [-0.2, 0) is 0 Å². The number of hydrogen-bond donors (Lipinski definition) is 2. The van der Waals surface area contributed by atoms with Gasteiger partial charge in [0.25, 0.3) is 0 Å². The minimum absolute atomic E-state index is 0.0347. The van der Waals surface area contributed by atoms with Gasteiger partial charge in [-0.1, -0.05) is 35.0 Å². The molecule has 3 N–H and O–H groups in total. The lowest BCUT2D eigenvalue weighted by molar-refractivity contribution is 0.318. The first-order valence-corrected chi connectivity index (χ1v) is 6.58. The van der Waals surface area contributed by atoms with Gasteiger partial charge in [-0.05, 0) is 19.1 Å². The standard InChI is InChI=1S/C14H12ClN5O/c1-8-11(15)7-20(18-8)14-10(13(16)19-21)6-9-4-2-3-5-12(9)17-14/h2-7,21H,1H3,(H2,16,19). The van der Waals surface area contributed by atoms with Gasteiger partial charge in [0.1, 0.15) is 0 Å². The van der Waals surface area contributed by atoms with E-state index in [-0.39, 0.29) is 5.84 Å². The monoisotopic (exact) mass is 301 g/mol. The first kappa shape index (κ1) is 13.4. The minimum atomic E-state index is -0.0347. The number of amidine groups is 1. The summed E-state index contributed by atoms with van der Waals surface area (Å²) in [6.07, 6.45) is 1.64. The van der Waals surface area contributed by atoms with Crippen LogP contribution in [0.1, 0.15) is 11.3 Å². The lowest BCUT2D eigenvalue weighted by Crippen LogP contribution is -2.18. The zero-order chi connectivity index (χ0) is 15.0. The average molecular weight is 302 g/mol. The third-order valence-electron chi connectivity index (χ3n) is 3.14. The molecule has 0 amide bonds. The van der Waals surface area contributed by atoms with Gasteiger partial charge in [0, 0.05) is 5.39 Å². The molecule has 3 aromatic rings. The lowest BCUT2D eigenvalue weighted by atomic mass is 10.1. The number of hydrogen-bond acceptors (Lipinski definition) is 4. The van der Waals surface area contributed by atoms with E-state index >= 15 is 0 Å². The molecule has 6 nitrogen and oxygen atoms in total. The van der Waals surface area contributed by atoms with E-state index in [9.17, 15) is 0 Å². The fourth-order valence-electron chi connectivity index (χ4n) is 2.07. The molecular formula is C14H12ClN5O. The molecule has 0 spiro atoms. The number of aryl methyl sites for hydroxylation is 1. The highest BCUT2D eigenvalue weighted by molar-refractivity contribution is 6.31. The molecule has 2 aromatic heterocycles. The Morgan fingerprint density at radius 3 is 2.81 bits per heavy atom. The molecule has 106 valence electrons.